The van der Waals surface area contributed by atoms with Crippen LogP contribution in [0.4, 0.5) is 4.39 Å². The molecule has 0 radical (unpaired) electrons. The van der Waals surface area contributed by atoms with E-state index in [2.05, 4.69) is 27.7 Å². The predicted molar refractivity (Wildman–Crippen MR) is 146 cm³/mol. The summed E-state index contributed by atoms with van der Waals surface area (Å²) in [6, 6.07) is 8.24. The lowest BCUT2D eigenvalue weighted by Crippen LogP contribution is -2.35. The first-order valence-corrected chi connectivity index (χ1v) is 14.2. The highest BCUT2D eigenvalue weighted by Gasteiger charge is 2.35. The lowest BCUT2D eigenvalue weighted by atomic mass is 9.77. The third-order valence-corrected chi connectivity index (χ3v) is 8.91. The van der Waals surface area contributed by atoms with Gasteiger partial charge in [-0.05, 0) is 66.8 Å². The fraction of sp³-hybridized carbons (Fsp3) is 0.548. The molecule has 0 bridgehead atoms. The van der Waals surface area contributed by atoms with E-state index in [0.717, 1.165) is 23.5 Å². The number of amides is 1. The summed E-state index contributed by atoms with van der Waals surface area (Å²) < 4.78 is 15.2. The van der Waals surface area contributed by atoms with E-state index < -0.39 is 0 Å². The zero-order chi connectivity index (χ0) is 27.0. The van der Waals surface area contributed by atoms with Crippen LogP contribution in [0.15, 0.2) is 36.5 Å². The minimum atomic E-state index is -0.294. The minimum Gasteiger partial charge on any atom is -0.337 e. The molecule has 6 nitrogen and oxygen atoms in total. The van der Waals surface area contributed by atoms with Gasteiger partial charge < -0.3 is 4.90 Å². The number of fused-ring (bicyclic) bond motifs is 1. The highest BCUT2D eigenvalue weighted by molar-refractivity contribution is 5.93. The quantitative estimate of drug-likeness (QED) is 0.356. The third-order valence-electron chi connectivity index (χ3n) is 8.91. The highest BCUT2D eigenvalue weighted by atomic mass is 19.1. The number of benzene rings is 1. The van der Waals surface area contributed by atoms with Gasteiger partial charge in [0.2, 0.25) is 0 Å². The van der Waals surface area contributed by atoms with Gasteiger partial charge in [0.05, 0.1) is 11.9 Å². The maximum atomic E-state index is 13.7. The van der Waals surface area contributed by atoms with Gasteiger partial charge in [-0.2, -0.15) is 5.10 Å². The lowest BCUT2D eigenvalue weighted by molar-refractivity contribution is -0.125. The number of rotatable bonds is 7. The van der Waals surface area contributed by atoms with Crippen molar-refractivity contribution >= 4 is 17.3 Å². The van der Waals surface area contributed by atoms with E-state index in [0.29, 0.717) is 48.7 Å². The molecule has 5 rings (SSSR count). The summed E-state index contributed by atoms with van der Waals surface area (Å²) in [6.45, 7) is 9.67. The SMILES string of the molecule is CC(C)c1cc(-c2ccc(F)cc2)nn2cc(C(=O)N3CCC(C(=O)CCC4CCC4)C(C)C(C)C3)nc12. The second-order valence-electron chi connectivity index (χ2n) is 11.8. The summed E-state index contributed by atoms with van der Waals surface area (Å²) in [5.41, 5.74) is 3.52. The van der Waals surface area contributed by atoms with Crippen molar-refractivity contribution in [3.8, 4) is 11.3 Å². The van der Waals surface area contributed by atoms with E-state index in [1.807, 2.05) is 11.0 Å². The number of aromatic nitrogens is 3. The summed E-state index contributed by atoms with van der Waals surface area (Å²) in [5.74, 6) is 1.34. The molecule has 202 valence electrons. The van der Waals surface area contributed by atoms with Crippen molar-refractivity contribution in [2.75, 3.05) is 13.1 Å². The molecule has 2 aliphatic rings. The van der Waals surface area contributed by atoms with Gasteiger partial charge in [-0.15, -0.1) is 0 Å². The summed E-state index contributed by atoms with van der Waals surface area (Å²) >= 11 is 0. The molecule has 38 heavy (non-hydrogen) atoms. The average molecular weight is 519 g/mol. The largest absolute Gasteiger partial charge is 0.337 e. The Balaban J connectivity index is 1.37. The van der Waals surface area contributed by atoms with Gasteiger partial charge >= 0.3 is 0 Å². The Morgan fingerprint density at radius 2 is 1.84 bits per heavy atom. The number of hydrogen-bond acceptors (Lipinski definition) is 4. The smallest absolute Gasteiger partial charge is 0.274 e. The maximum absolute atomic E-state index is 13.7. The van der Waals surface area contributed by atoms with E-state index >= 15 is 0 Å². The maximum Gasteiger partial charge on any atom is 0.274 e. The predicted octanol–water partition coefficient (Wildman–Crippen LogP) is 6.54. The van der Waals surface area contributed by atoms with Crippen LogP contribution in [0, 0.1) is 29.5 Å². The Morgan fingerprint density at radius 3 is 2.50 bits per heavy atom. The van der Waals surface area contributed by atoms with Crippen molar-refractivity contribution < 1.29 is 14.0 Å². The molecular formula is C31H39FN4O2. The first-order valence-electron chi connectivity index (χ1n) is 14.2. The average Bonchev–Trinajstić information content (AvgIpc) is 3.24. The van der Waals surface area contributed by atoms with Crippen LogP contribution in [-0.4, -0.2) is 44.3 Å². The highest BCUT2D eigenvalue weighted by Crippen LogP contribution is 2.34. The normalized spacial score (nSPS) is 22.5. The molecule has 1 saturated carbocycles. The van der Waals surface area contributed by atoms with Gasteiger partial charge in [0.25, 0.3) is 5.91 Å². The van der Waals surface area contributed by atoms with Crippen LogP contribution in [-0.2, 0) is 4.79 Å². The van der Waals surface area contributed by atoms with Crippen molar-refractivity contribution in [3.63, 3.8) is 0 Å². The van der Waals surface area contributed by atoms with E-state index in [-0.39, 0.29) is 35.4 Å². The number of imidazole rings is 1. The second kappa shape index (κ2) is 11.0. The first kappa shape index (κ1) is 26.5. The molecule has 1 saturated heterocycles. The van der Waals surface area contributed by atoms with Crippen LogP contribution in [0.3, 0.4) is 0 Å². The summed E-state index contributed by atoms with van der Waals surface area (Å²) in [5, 5.41) is 4.71. The minimum absolute atomic E-state index is 0.0106. The molecule has 0 N–H and O–H groups in total. The van der Waals surface area contributed by atoms with Crippen LogP contribution < -0.4 is 0 Å². The van der Waals surface area contributed by atoms with Gasteiger partial charge in [-0.3, -0.25) is 9.59 Å². The van der Waals surface area contributed by atoms with Gasteiger partial charge in [-0.25, -0.2) is 13.9 Å². The van der Waals surface area contributed by atoms with Crippen LogP contribution >= 0.6 is 0 Å². The van der Waals surface area contributed by atoms with E-state index in [1.165, 1.54) is 31.4 Å². The van der Waals surface area contributed by atoms with E-state index in [9.17, 15) is 14.0 Å². The standard InChI is InChI=1S/C31H39FN4O2/c1-19(2)26-16-27(23-9-11-24(32)12-10-23)34-36-18-28(33-30(26)36)31(38)35-15-14-25(21(4)20(3)17-35)29(37)13-8-22-6-5-7-22/h9-12,16,18-22,25H,5-8,13-15,17H2,1-4H3. The zero-order valence-electron chi connectivity index (χ0n) is 23.0. The van der Waals surface area contributed by atoms with Crippen molar-refractivity contribution in [1.29, 1.82) is 0 Å². The Bertz CT molecular complexity index is 1310. The van der Waals surface area contributed by atoms with Crippen molar-refractivity contribution in [3.05, 3.63) is 53.6 Å². The van der Waals surface area contributed by atoms with Crippen molar-refractivity contribution in [2.45, 2.75) is 72.1 Å². The molecule has 7 heteroatoms. The van der Waals surface area contributed by atoms with Crippen molar-refractivity contribution in [1.82, 2.24) is 19.5 Å². The van der Waals surface area contributed by atoms with Gasteiger partial charge in [0.15, 0.2) is 5.65 Å². The molecule has 3 aromatic rings. The molecule has 2 fully saturated rings. The molecule has 1 aromatic carbocycles. The number of carbonyl (C=O) groups excluding carboxylic acids is 2. The van der Waals surface area contributed by atoms with Crippen LogP contribution in [0.25, 0.3) is 16.9 Å². The Hall–Kier alpha value is -3.09. The molecule has 2 aromatic heterocycles. The van der Waals surface area contributed by atoms with Gasteiger partial charge in [0.1, 0.15) is 17.3 Å². The first-order chi connectivity index (χ1) is 18.2. The summed E-state index contributed by atoms with van der Waals surface area (Å²) in [7, 11) is 0. The monoisotopic (exact) mass is 518 g/mol. The Labute approximate surface area is 224 Å². The number of halogens is 1. The third kappa shape index (κ3) is 5.38. The number of hydrogen-bond donors (Lipinski definition) is 0. The molecule has 0 spiro atoms. The van der Waals surface area contributed by atoms with Crippen LogP contribution in [0.1, 0.15) is 88.2 Å². The summed E-state index contributed by atoms with van der Waals surface area (Å²) in [4.78, 5) is 33.4. The Kier molecular flexibility index (Phi) is 7.64. The number of ketones is 1. The zero-order valence-corrected chi connectivity index (χ0v) is 23.0. The lowest BCUT2D eigenvalue weighted by Gasteiger charge is -2.28. The summed E-state index contributed by atoms with van der Waals surface area (Å²) in [6.07, 6.45) is 7.94. The molecule has 3 heterocycles. The molecule has 3 unspecified atom stereocenters. The van der Waals surface area contributed by atoms with E-state index in [1.54, 1.807) is 22.8 Å². The van der Waals surface area contributed by atoms with Crippen LogP contribution in [0.5, 0.6) is 0 Å². The van der Waals surface area contributed by atoms with Crippen molar-refractivity contribution in [2.24, 2.45) is 23.7 Å². The fourth-order valence-electron chi connectivity index (χ4n) is 5.96. The Morgan fingerprint density at radius 1 is 1.11 bits per heavy atom. The molecule has 3 atom stereocenters. The number of carbonyl (C=O) groups is 2. The second-order valence-corrected chi connectivity index (χ2v) is 11.8. The number of likely N-dealkylation sites (tertiary alicyclic amines) is 1. The van der Waals surface area contributed by atoms with Crippen LogP contribution in [0.2, 0.25) is 0 Å². The van der Waals surface area contributed by atoms with Gasteiger partial charge in [0, 0.05) is 36.6 Å². The van der Waals surface area contributed by atoms with Gasteiger partial charge in [-0.1, -0.05) is 47.0 Å². The molecule has 1 amide bonds. The molecular weight excluding hydrogens is 479 g/mol. The molecule has 1 aliphatic heterocycles. The molecule has 1 aliphatic carbocycles. The van der Waals surface area contributed by atoms with E-state index in [4.69, 9.17) is 10.1 Å². The number of Topliss-reactive ketones (excluding diaryl/α,β-unsaturated/α-hetero) is 1. The fourth-order valence-corrected chi connectivity index (χ4v) is 5.96. The number of nitrogens with zero attached hydrogens (tertiary/aromatic N) is 4. The topological polar surface area (TPSA) is 67.6 Å².